The van der Waals surface area contributed by atoms with Gasteiger partial charge in [-0.3, -0.25) is 0 Å². The van der Waals surface area contributed by atoms with Crippen LogP contribution in [0.3, 0.4) is 0 Å². The Hall–Kier alpha value is -2.05. The van der Waals surface area contributed by atoms with Gasteiger partial charge < -0.3 is 5.73 Å². The van der Waals surface area contributed by atoms with Crippen LogP contribution in [0, 0.1) is 0 Å². The van der Waals surface area contributed by atoms with E-state index in [4.69, 9.17) is 17.3 Å². The molecule has 0 fully saturated rings. The van der Waals surface area contributed by atoms with Gasteiger partial charge in [-0.1, -0.05) is 11.6 Å². The lowest BCUT2D eigenvalue weighted by Gasteiger charge is -2.04. The van der Waals surface area contributed by atoms with Crippen LogP contribution in [-0.2, 0) is 0 Å². The molecule has 0 radical (unpaired) electrons. The van der Waals surface area contributed by atoms with Crippen molar-refractivity contribution >= 4 is 28.6 Å². The van der Waals surface area contributed by atoms with Gasteiger partial charge in [0.1, 0.15) is 21.5 Å². The molecule has 0 aliphatic heterocycles. The highest BCUT2D eigenvalue weighted by molar-refractivity contribution is 7.13. The molecule has 3 aromatic heterocycles. The number of aromatic nitrogens is 4. The summed E-state index contributed by atoms with van der Waals surface area (Å²) >= 11 is 7.35. The summed E-state index contributed by atoms with van der Waals surface area (Å²) in [5.41, 5.74) is 7.75. The lowest BCUT2D eigenvalue weighted by Crippen LogP contribution is -1.96. The van der Waals surface area contributed by atoms with Crippen LogP contribution in [0.15, 0.2) is 36.0 Å². The van der Waals surface area contributed by atoms with Crippen molar-refractivity contribution in [3.63, 3.8) is 0 Å². The van der Waals surface area contributed by atoms with Gasteiger partial charge in [0, 0.05) is 23.5 Å². The van der Waals surface area contributed by atoms with Crippen molar-refractivity contribution in [1.82, 2.24) is 19.9 Å². The number of nitrogens with zero attached hydrogens (tertiary/aromatic N) is 4. The Balaban J connectivity index is 2.12. The van der Waals surface area contributed by atoms with Crippen molar-refractivity contribution in [2.24, 2.45) is 0 Å². The van der Waals surface area contributed by atoms with E-state index in [0.29, 0.717) is 28.1 Å². The smallest absolute Gasteiger partial charge is 0.179 e. The van der Waals surface area contributed by atoms with Crippen LogP contribution in [0.4, 0.5) is 5.69 Å². The average molecular weight is 290 g/mol. The first-order valence-electron chi connectivity index (χ1n) is 5.39. The van der Waals surface area contributed by atoms with E-state index < -0.39 is 0 Å². The summed E-state index contributed by atoms with van der Waals surface area (Å²) in [6.45, 7) is 0. The summed E-state index contributed by atoms with van der Waals surface area (Å²) in [6, 6.07) is 5.09. The molecule has 0 spiro atoms. The zero-order chi connectivity index (χ0) is 13.2. The number of rotatable bonds is 2. The summed E-state index contributed by atoms with van der Waals surface area (Å²) in [5, 5.41) is 3.05. The van der Waals surface area contributed by atoms with Crippen LogP contribution < -0.4 is 5.73 Å². The van der Waals surface area contributed by atoms with Gasteiger partial charge in [-0.2, -0.15) is 0 Å². The fraction of sp³-hybridized carbons (Fsp3) is 0. The number of nitrogen functional groups attached to an aromatic ring is 1. The maximum atomic E-state index is 5.89. The van der Waals surface area contributed by atoms with Gasteiger partial charge in [0.25, 0.3) is 0 Å². The Kier molecular flexibility index (Phi) is 3.10. The average Bonchev–Trinajstić information content (AvgIpc) is 2.92. The minimum atomic E-state index is 0.366. The summed E-state index contributed by atoms with van der Waals surface area (Å²) in [7, 11) is 0. The lowest BCUT2D eigenvalue weighted by atomic mass is 10.2. The molecule has 0 unspecified atom stereocenters. The molecule has 2 N–H and O–H groups in total. The topological polar surface area (TPSA) is 77.6 Å². The highest BCUT2D eigenvalue weighted by Crippen LogP contribution is 2.25. The molecule has 3 aromatic rings. The highest BCUT2D eigenvalue weighted by Gasteiger charge is 2.09. The molecule has 5 nitrogen and oxygen atoms in total. The molecule has 0 saturated carbocycles. The first kappa shape index (κ1) is 12.0. The Morgan fingerprint density at radius 2 is 1.89 bits per heavy atom. The molecule has 3 rings (SSSR count). The summed E-state index contributed by atoms with van der Waals surface area (Å²) in [6.07, 6.45) is 3.30. The summed E-state index contributed by atoms with van der Waals surface area (Å²) < 4.78 is 0. The number of hydrogen-bond donors (Lipinski definition) is 1. The van der Waals surface area contributed by atoms with Crippen molar-refractivity contribution in [3.05, 3.63) is 41.1 Å². The Morgan fingerprint density at radius 3 is 2.63 bits per heavy atom. The lowest BCUT2D eigenvalue weighted by molar-refractivity contribution is 1.14. The third kappa shape index (κ3) is 2.54. The second-order valence-electron chi connectivity index (χ2n) is 3.71. The molecule has 3 heterocycles. The molecule has 0 bridgehead atoms. The second kappa shape index (κ2) is 4.91. The number of thiazole rings is 1. The molecule has 0 aliphatic rings. The molecule has 19 heavy (non-hydrogen) atoms. The first-order chi connectivity index (χ1) is 9.22. The first-order valence-corrected chi connectivity index (χ1v) is 6.64. The molecule has 94 valence electrons. The summed E-state index contributed by atoms with van der Waals surface area (Å²) in [5.74, 6) is 0.442. The zero-order valence-corrected chi connectivity index (χ0v) is 11.2. The normalized spacial score (nSPS) is 10.6. The Labute approximate surface area is 118 Å². The van der Waals surface area contributed by atoms with Gasteiger partial charge in [-0.15, -0.1) is 11.3 Å². The van der Waals surface area contributed by atoms with Crippen molar-refractivity contribution < 1.29 is 0 Å². The van der Waals surface area contributed by atoms with Crippen LogP contribution in [0.5, 0.6) is 0 Å². The zero-order valence-electron chi connectivity index (χ0n) is 9.62. The number of hydrogen-bond acceptors (Lipinski definition) is 6. The predicted octanol–water partition coefficient (Wildman–Crippen LogP) is 2.90. The molecule has 0 amide bonds. The van der Waals surface area contributed by atoms with E-state index in [1.54, 1.807) is 30.6 Å². The second-order valence-corrected chi connectivity index (χ2v) is 4.99. The molecule has 0 aliphatic carbocycles. The maximum Gasteiger partial charge on any atom is 0.179 e. The molecule has 0 aromatic carbocycles. The number of nitrogens with two attached hydrogens (primary N) is 1. The molecule has 0 saturated heterocycles. The Bertz CT molecular complexity index is 714. The fourth-order valence-electron chi connectivity index (χ4n) is 1.59. The summed E-state index contributed by atoms with van der Waals surface area (Å²) in [4.78, 5) is 17.0. The standard InChI is InChI=1S/C12H8ClN5S/c13-10-1-2-15-11(18-10)8-5-7(14)6-9(17-8)12-16-3-4-19-12/h1-6H,(H2,14,17). The van der Waals surface area contributed by atoms with Crippen LogP contribution in [0.2, 0.25) is 5.15 Å². The van der Waals surface area contributed by atoms with E-state index in [9.17, 15) is 0 Å². The quantitative estimate of drug-likeness (QED) is 0.734. The van der Waals surface area contributed by atoms with Crippen molar-refractivity contribution in [2.45, 2.75) is 0 Å². The van der Waals surface area contributed by atoms with Gasteiger partial charge in [-0.05, 0) is 18.2 Å². The highest BCUT2D eigenvalue weighted by atomic mass is 35.5. The van der Waals surface area contributed by atoms with Gasteiger partial charge in [0.05, 0.1) is 0 Å². The van der Waals surface area contributed by atoms with Gasteiger partial charge >= 0.3 is 0 Å². The maximum absolute atomic E-state index is 5.89. The minimum Gasteiger partial charge on any atom is -0.399 e. The number of pyridine rings is 1. The van der Waals surface area contributed by atoms with E-state index in [-0.39, 0.29) is 0 Å². The van der Waals surface area contributed by atoms with E-state index in [1.807, 2.05) is 5.38 Å². The van der Waals surface area contributed by atoms with Gasteiger partial charge in [-0.25, -0.2) is 19.9 Å². The third-order valence-electron chi connectivity index (χ3n) is 2.35. The largest absolute Gasteiger partial charge is 0.399 e. The van der Waals surface area contributed by atoms with E-state index >= 15 is 0 Å². The van der Waals surface area contributed by atoms with Crippen LogP contribution >= 0.6 is 22.9 Å². The third-order valence-corrected chi connectivity index (χ3v) is 3.36. The predicted molar refractivity (Wildman–Crippen MR) is 75.8 cm³/mol. The van der Waals surface area contributed by atoms with E-state index in [1.165, 1.54) is 11.3 Å². The van der Waals surface area contributed by atoms with E-state index in [2.05, 4.69) is 19.9 Å². The Morgan fingerprint density at radius 1 is 1.05 bits per heavy atom. The van der Waals surface area contributed by atoms with Crippen molar-refractivity contribution in [1.29, 1.82) is 0 Å². The fourth-order valence-corrected chi connectivity index (χ4v) is 2.32. The number of halogens is 1. The van der Waals surface area contributed by atoms with Crippen molar-refractivity contribution in [3.8, 4) is 22.2 Å². The molecule has 7 heteroatoms. The van der Waals surface area contributed by atoms with Crippen LogP contribution in [-0.4, -0.2) is 19.9 Å². The SMILES string of the molecule is Nc1cc(-c2nccc(Cl)n2)nc(-c2nccs2)c1. The molecule has 0 atom stereocenters. The van der Waals surface area contributed by atoms with Crippen LogP contribution in [0.25, 0.3) is 22.2 Å². The molecular weight excluding hydrogens is 282 g/mol. The number of anilines is 1. The van der Waals surface area contributed by atoms with E-state index in [0.717, 1.165) is 5.01 Å². The minimum absolute atomic E-state index is 0.366. The van der Waals surface area contributed by atoms with Crippen molar-refractivity contribution in [2.75, 3.05) is 5.73 Å². The monoisotopic (exact) mass is 289 g/mol. The molecular formula is C12H8ClN5S. The van der Waals surface area contributed by atoms with Gasteiger partial charge in [0.15, 0.2) is 5.82 Å². The van der Waals surface area contributed by atoms with Crippen LogP contribution in [0.1, 0.15) is 0 Å². The van der Waals surface area contributed by atoms with Gasteiger partial charge in [0.2, 0.25) is 0 Å².